The number of phenols is 1. The van der Waals surface area contributed by atoms with E-state index in [4.69, 9.17) is 14.6 Å². The number of aliphatic hydroxyl groups is 1. The third-order valence-corrected chi connectivity index (χ3v) is 4.68. The Morgan fingerprint density at radius 2 is 1.44 bits per heavy atom. The van der Waals surface area contributed by atoms with Crippen LogP contribution in [0.2, 0.25) is 0 Å². The predicted octanol–water partition coefficient (Wildman–Crippen LogP) is 3.42. The number of aromatic hydroxyl groups is 1. The molecule has 9 nitrogen and oxygen atoms in total. The number of carbonyl (C=O) groups excluding carboxylic acids is 2. The molecular formula is C25H27N3O6. The molecule has 0 radical (unpaired) electrons. The summed E-state index contributed by atoms with van der Waals surface area (Å²) in [5, 5.41) is 23.6. The summed E-state index contributed by atoms with van der Waals surface area (Å²) in [5.74, 6) is 0.0821. The van der Waals surface area contributed by atoms with Gasteiger partial charge in [0.2, 0.25) is 0 Å². The molecule has 0 atom stereocenters. The van der Waals surface area contributed by atoms with Crippen molar-refractivity contribution in [3.8, 4) is 17.2 Å². The molecule has 0 aliphatic carbocycles. The zero-order valence-corrected chi connectivity index (χ0v) is 19.3. The van der Waals surface area contributed by atoms with E-state index in [2.05, 4.69) is 15.8 Å². The Kier molecular flexibility index (Phi) is 9.60. The van der Waals surface area contributed by atoms with E-state index in [1.54, 1.807) is 61.5 Å². The lowest BCUT2D eigenvalue weighted by Crippen LogP contribution is -2.19. The lowest BCUT2D eigenvalue weighted by atomic mass is 10.1. The van der Waals surface area contributed by atoms with Crippen molar-refractivity contribution in [3.63, 3.8) is 0 Å². The molecule has 0 aromatic heterocycles. The number of nitrogens with one attached hydrogen (secondary N) is 2. The molecule has 3 aromatic rings. The summed E-state index contributed by atoms with van der Waals surface area (Å²) >= 11 is 0. The van der Waals surface area contributed by atoms with Gasteiger partial charge in [-0.05, 0) is 55.0 Å². The fourth-order valence-corrected chi connectivity index (χ4v) is 2.90. The fourth-order valence-electron chi connectivity index (χ4n) is 2.90. The molecule has 0 unspecified atom stereocenters. The molecule has 178 valence electrons. The van der Waals surface area contributed by atoms with Crippen molar-refractivity contribution < 1.29 is 29.3 Å². The summed E-state index contributed by atoms with van der Waals surface area (Å²) in [4.78, 5) is 24.7. The van der Waals surface area contributed by atoms with Crippen LogP contribution in [0.15, 0.2) is 71.8 Å². The van der Waals surface area contributed by atoms with Crippen molar-refractivity contribution in [1.29, 1.82) is 0 Å². The standard InChI is InChI=1S/C24H23N3O5.CH4O/c1-15(26-27-24(30)19-6-4-5-7-20(19)28)16-8-11-18(12-9-16)25-23(29)17-10-13-21(31-2)22(14-17)32-3;1-2/h4-14,28H,1-3H3,(H,25,29)(H,27,30);2H,1H3/b26-15+;. The molecule has 2 amide bonds. The molecule has 0 aliphatic rings. The van der Waals surface area contributed by atoms with Gasteiger partial charge in [0.25, 0.3) is 11.8 Å². The molecule has 0 fully saturated rings. The molecule has 3 rings (SSSR count). The second kappa shape index (κ2) is 12.6. The minimum Gasteiger partial charge on any atom is -0.507 e. The zero-order valence-electron chi connectivity index (χ0n) is 19.3. The number of anilines is 1. The monoisotopic (exact) mass is 465 g/mol. The highest BCUT2D eigenvalue weighted by molar-refractivity contribution is 6.05. The molecule has 0 saturated carbocycles. The van der Waals surface area contributed by atoms with Crippen molar-refractivity contribution in [2.24, 2.45) is 5.10 Å². The number of para-hydroxylation sites is 1. The van der Waals surface area contributed by atoms with E-state index >= 15 is 0 Å². The summed E-state index contributed by atoms with van der Waals surface area (Å²) in [6.45, 7) is 1.74. The SMILES string of the molecule is CO.COc1ccc(C(=O)Nc2ccc(/C(C)=N/NC(=O)c3ccccc3O)cc2)cc1OC. The Balaban J connectivity index is 0.00000199. The van der Waals surface area contributed by atoms with Gasteiger partial charge in [0.05, 0.1) is 25.5 Å². The van der Waals surface area contributed by atoms with Crippen LogP contribution in [-0.4, -0.2) is 49.1 Å². The molecule has 0 saturated heterocycles. The van der Waals surface area contributed by atoms with Gasteiger partial charge in [-0.2, -0.15) is 5.10 Å². The van der Waals surface area contributed by atoms with E-state index in [1.807, 2.05) is 0 Å². The lowest BCUT2D eigenvalue weighted by Gasteiger charge is -2.10. The van der Waals surface area contributed by atoms with Crippen LogP contribution in [-0.2, 0) is 0 Å². The van der Waals surface area contributed by atoms with Crippen molar-refractivity contribution in [3.05, 3.63) is 83.4 Å². The van der Waals surface area contributed by atoms with Gasteiger partial charge < -0.3 is 25.0 Å². The van der Waals surface area contributed by atoms with Crippen LogP contribution in [0.3, 0.4) is 0 Å². The van der Waals surface area contributed by atoms with Crippen LogP contribution >= 0.6 is 0 Å². The predicted molar refractivity (Wildman–Crippen MR) is 130 cm³/mol. The van der Waals surface area contributed by atoms with Crippen LogP contribution in [0, 0.1) is 0 Å². The number of hydrazone groups is 1. The molecule has 0 bridgehead atoms. The third-order valence-electron chi connectivity index (χ3n) is 4.68. The van der Waals surface area contributed by atoms with E-state index in [9.17, 15) is 14.7 Å². The Morgan fingerprint density at radius 3 is 2.06 bits per heavy atom. The van der Waals surface area contributed by atoms with Crippen molar-refractivity contribution in [1.82, 2.24) is 5.43 Å². The topological polar surface area (TPSA) is 129 Å². The first kappa shape index (κ1) is 25.9. The van der Waals surface area contributed by atoms with Crippen molar-refractivity contribution in [2.45, 2.75) is 6.92 Å². The number of ether oxygens (including phenoxy) is 2. The van der Waals surface area contributed by atoms with Crippen LogP contribution in [0.4, 0.5) is 5.69 Å². The molecule has 34 heavy (non-hydrogen) atoms. The number of hydrogen-bond donors (Lipinski definition) is 4. The first-order valence-electron chi connectivity index (χ1n) is 10.1. The van der Waals surface area contributed by atoms with Crippen LogP contribution in [0.25, 0.3) is 0 Å². The second-order valence-electron chi connectivity index (χ2n) is 6.76. The molecule has 4 N–H and O–H groups in total. The number of aliphatic hydroxyl groups excluding tert-OH is 1. The first-order valence-corrected chi connectivity index (χ1v) is 10.1. The normalized spacial score (nSPS) is 10.4. The number of benzene rings is 3. The van der Waals surface area contributed by atoms with Crippen molar-refractivity contribution in [2.75, 3.05) is 26.6 Å². The quantitative estimate of drug-likeness (QED) is 0.313. The maximum atomic E-state index is 12.5. The maximum Gasteiger partial charge on any atom is 0.275 e. The number of hydrogen-bond acceptors (Lipinski definition) is 7. The van der Waals surface area contributed by atoms with Gasteiger partial charge in [0.15, 0.2) is 11.5 Å². The summed E-state index contributed by atoms with van der Waals surface area (Å²) in [6, 6.07) is 18.2. The lowest BCUT2D eigenvalue weighted by molar-refractivity contribution is 0.0951. The Morgan fingerprint density at radius 1 is 0.824 bits per heavy atom. The van der Waals surface area contributed by atoms with E-state index in [0.717, 1.165) is 12.7 Å². The number of carbonyl (C=O) groups is 2. The molecular weight excluding hydrogens is 438 g/mol. The average Bonchev–Trinajstić information content (AvgIpc) is 2.88. The van der Waals surface area contributed by atoms with E-state index in [-0.39, 0.29) is 17.2 Å². The van der Waals surface area contributed by atoms with Gasteiger partial charge in [0, 0.05) is 18.4 Å². The minimum absolute atomic E-state index is 0.118. The van der Waals surface area contributed by atoms with Gasteiger partial charge in [-0.25, -0.2) is 5.43 Å². The van der Waals surface area contributed by atoms with E-state index in [1.165, 1.54) is 26.4 Å². The zero-order chi connectivity index (χ0) is 25.1. The van der Waals surface area contributed by atoms with E-state index < -0.39 is 5.91 Å². The molecule has 9 heteroatoms. The number of rotatable bonds is 7. The van der Waals surface area contributed by atoms with Crippen molar-refractivity contribution >= 4 is 23.2 Å². The number of nitrogens with zero attached hydrogens (tertiary/aromatic N) is 1. The largest absolute Gasteiger partial charge is 0.507 e. The van der Waals surface area contributed by atoms with Gasteiger partial charge >= 0.3 is 0 Å². The molecule has 3 aromatic carbocycles. The van der Waals surface area contributed by atoms with Gasteiger partial charge in [-0.3, -0.25) is 9.59 Å². The number of methoxy groups -OCH3 is 2. The summed E-state index contributed by atoms with van der Waals surface area (Å²) in [6.07, 6.45) is 0. The number of amides is 2. The maximum absolute atomic E-state index is 12.5. The summed E-state index contributed by atoms with van der Waals surface area (Å²) in [5.41, 5.74) is 4.90. The minimum atomic E-state index is -0.513. The molecule has 0 heterocycles. The highest BCUT2D eigenvalue weighted by atomic mass is 16.5. The van der Waals surface area contributed by atoms with Crippen LogP contribution < -0.4 is 20.2 Å². The Labute approximate surface area is 197 Å². The van der Waals surface area contributed by atoms with E-state index in [0.29, 0.717) is 28.5 Å². The van der Waals surface area contributed by atoms with Gasteiger partial charge in [-0.1, -0.05) is 24.3 Å². The second-order valence-corrected chi connectivity index (χ2v) is 6.76. The third kappa shape index (κ3) is 6.57. The van der Waals surface area contributed by atoms with Crippen LogP contribution in [0.5, 0.6) is 17.2 Å². The fraction of sp³-hybridized carbons (Fsp3) is 0.160. The highest BCUT2D eigenvalue weighted by Crippen LogP contribution is 2.28. The Hall–Kier alpha value is -4.37. The van der Waals surface area contributed by atoms with Crippen LogP contribution in [0.1, 0.15) is 33.2 Å². The van der Waals surface area contributed by atoms with Gasteiger partial charge in [0.1, 0.15) is 5.75 Å². The highest BCUT2D eigenvalue weighted by Gasteiger charge is 2.12. The summed E-state index contributed by atoms with van der Waals surface area (Å²) in [7, 11) is 4.04. The smallest absolute Gasteiger partial charge is 0.275 e. The average molecular weight is 466 g/mol. The Bertz CT molecular complexity index is 1160. The number of phenolic OH excluding ortho intramolecular Hbond substituents is 1. The molecule has 0 aliphatic heterocycles. The molecule has 0 spiro atoms. The van der Waals surface area contributed by atoms with Gasteiger partial charge in [-0.15, -0.1) is 0 Å². The first-order chi connectivity index (χ1) is 16.4. The summed E-state index contributed by atoms with van der Waals surface area (Å²) < 4.78 is 10.4.